The summed E-state index contributed by atoms with van der Waals surface area (Å²) in [5, 5.41) is 3.05. The Labute approximate surface area is 185 Å². The van der Waals surface area contributed by atoms with Gasteiger partial charge in [-0.2, -0.15) is 0 Å². The molecule has 2 amide bonds. The van der Waals surface area contributed by atoms with E-state index in [9.17, 15) is 9.59 Å². The van der Waals surface area contributed by atoms with E-state index in [2.05, 4.69) is 29.3 Å². The molecule has 2 saturated heterocycles. The Bertz CT molecular complexity index is 873. The fourth-order valence-electron chi connectivity index (χ4n) is 4.59. The average Bonchev–Trinajstić information content (AvgIpc) is 2.79. The van der Waals surface area contributed by atoms with Crippen LogP contribution in [0.25, 0.3) is 0 Å². The summed E-state index contributed by atoms with van der Waals surface area (Å²) in [7, 11) is 0. The molecule has 1 atom stereocenters. The van der Waals surface area contributed by atoms with E-state index < -0.39 is 6.04 Å². The molecule has 0 radical (unpaired) electrons. The minimum Gasteiger partial charge on any atom is -0.327 e. The molecule has 0 aromatic heterocycles. The Balaban J connectivity index is 1.44. The zero-order valence-corrected chi connectivity index (χ0v) is 18.4. The monoisotopic (exact) mass is 419 g/mol. The van der Waals surface area contributed by atoms with Gasteiger partial charge < -0.3 is 10.2 Å². The summed E-state index contributed by atoms with van der Waals surface area (Å²) < 4.78 is 0. The third-order valence-corrected chi connectivity index (χ3v) is 6.54. The first-order chi connectivity index (χ1) is 15.1. The SMILES string of the molecule is CC1CCN(Cc2ccc(NC(=O)C(c3ccccc3)N3CCCCC3=O)cc2)CC1. The molecule has 2 aliphatic heterocycles. The highest BCUT2D eigenvalue weighted by Gasteiger charge is 2.32. The van der Waals surface area contributed by atoms with Crippen LogP contribution in [0.5, 0.6) is 0 Å². The number of benzene rings is 2. The quantitative estimate of drug-likeness (QED) is 0.744. The van der Waals surface area contributed by atoms with Crippen molar-refractivity contribution in [2.24, 2.45) is 5.92 Å². The van der Waals surface area contributed by atoms with E-state index in [1.165, 1.54) is 18.4 Å². The van der Waals surface area contributed by atoms with Crippen molar-refractivity contribution in [1.29, 1.82) is 0 Å². The van der Waals surface area contributed by atoms with Crippen molar-refractivity contribution in [2.45, 2.75) is 51.6 Å². The number of anilines is 1. The molecular formula is C26H33N3O2. The number of carbonyl (C=O) groups is 2. The third-order valence-electron chi connectivity index (χ3n) is 6.54. The van der Waals surface area contributed by atoms with Gasteiger partial charge >= 0.3 is 0 Å². The van der Waals surface area contributed by atoms with Gasteiger partial charge in [-0.05, 0) is 68.0 Å². The Kier molecular flexibility index (Phi) is 7.03. The van der Waals surface area contributed by atoms with Gasteiger partial charge in [-0.15, -0.1) is 0 Å². The molecule has 31 heavy (non-hydrogen) atoms. The maximum absolute atomic E-state index is 13.3. The van der Waals surface area contributed by atoms with Crippen LogP contribution in [0.1, 0.15) is 56.2 Å². The molecule has 0 saturated carbocycles. The van der Waals surface area contributed by atoms with Crippen LogP contribution >= 0.6 is 0 Å². The van der Waals surface area contributed by atoms with Gasteiger partial charge in [0.2, 0.25) is 5.91 Å². The Hall–Kier alpha value is -2.66. The number of hydrogen-bond donors (Lipinski definition) is 1. The summed E-state index contributed by atoms with van der Waals surface area (Å²) in [6, 6.07) is 17.2. The topological polar surface area (TPSA) is 52.7 Å². The van der Waals surface area contributed by atoms with Crippen molar-refractivity contribution in [3.8, 4) is 0 Å². The first-order valence-electron chi connectivity index (χ1n) is 11.6. The average molecular weight is 420 g/mol. The van der Waals surface area contributed by atoms with Crippen LogP contribution in [0.4, 0.5) is 5.69 Å². The highest BCUT2D eigenvalue weighted by atomic mass is 16.2. The van der Waals surface area contributed by atoms with Crippen molar-refractivity contribution in [3.05, 3.63) is 65.7 Å². The summed E-state index contributed by atoms with van der Waals surface area (Å²) in [6.07, 6.45) is 4.89. The predicted molar refractivity (Wildman–Crippen MR) is 123 cm³/mol. The van der Waals surface area contributed by atoms with Gasteiger partial charge in [0, 0.05) is 25.2 Å². The van der Waals surface area contributed by atoms with E-state index in [1.807, 2.05) is 42.5 Å². The molecule has 2 heterocycles. The molecule has 2 aliphatic rings. The highest BCUT2D eigenvalue weighted by molar-refractivity contribution is 5.98. The third kappa shape index (κ3) is 5.53. The van der Waals surface area contributed by atoms with Gasteiger partial charge in [0.15, 0.2) is 0 Å². The van der Waals surface area contributed by atoms with Crippen molar-refractivity contribution >= 4 is 17.5 Å². The van der Waals surface area contributed by atoms with E-state index in [0.717, 1.165) is 49.6 Å². The number of nitrogens with zero attached hydrogens (tertiary/aromatic N) is 2. The first kappa shape index (κ1) is 21.6. The fraction of sp³-hybridized carbons (Fsp3) is 0.462. The van der Waals surface area contributed by atoms with Crippen LogP contribution < -0.4 is 5.32 Å². The molecule has 2 aromatic rings. The van der Waals surface area contributed by atoms with Crippen LogP contribution in [-0.4, -0.2) is 41.2 Å². The molecule has 5 nitrogen and oxygen atoms in total. The van der Waals surface area contributed by atoms with Crippen LogP contribution in [0.15, 0.2) is 54.6 Å². The predicted octanol–water partition coefficient (Wildman–Crippen LogP) is 4.61. The summed E-state index contributed by atoms with van der Waals surface area (Å²) in [4.78, 5) is 30.1. The van der Waals surface area contributed by atoms with Crippen molar-refractivity contribution in [1.82, 2.24) is 9.80 Å². The van der Waals surface area contributed by atoms with Gasteiger partial charge in [0.25, 0.3) is 5.91 Å². The number of carbonyl (C=O) groups excluding carboxylic acids is 2. The van der Waals surface area contributed by atoms with Crippen LogP contribution in [0, 0.1) is 5.92 Å². The maximum atomic E-state index is 13.3. The van der Waals surface area contributed by atoms with Gasteiger partial charge in [0.1, 0.15) is 6.04 Å². The first-order valence-corrected chi connectivity index (χ1v) is 11.6. The molecule has 164 valence electrons. The van der Waals surface area contributed by atoms with E-state index in [4.69, 9.17) is 0 Å². The molecule has 0 aliphatic carbocycles. The molecular weight excluding hydrogens is 386 g/mol. The lowest BCUT2D eigenvalue weighted by atomic mass is 9.99. The minimum absolute atomic E-state index is 0.0569. The summed E-state index contributed by atoms with van der Waals surface area (Å²) in [6.45, 7) is 6.22. The minimum atomic E-state index is -0.594. The Morgan fingerprint density at radius 2 is 1.71 bits per heavy atom. The Morgan fingerprint density at radius 1 is 1.00 bits per heavy atom. The maximum Gasteiger partial charge on any atom is 0.251 e. The second kappa shape index (κ2) is 10.1. The van der Waals surface area contributed by atoms with Gasteiger partial charge in [0.05, 0.1) is 0 Å². The lowest BCUT2D eigenvalue weighted by Crippen LogP contribution is -2.43. The number of likely N-dealkylation sites (tertiary alicyclic amines) is 2. The van der Waals surface area contributed by atoms with Crippen LogP contribution in [-0.2, 0) is 16.1 Å². The second-order valence-corrected chi connectivity index (χ2v) is 9.00. The smallest absolute Gasteiger partial charge is 0.251 e. The molecule has 1 N–H and O–H groups in total. The van der Waals surface area contributed by atoms with Crippen LogP contribution in [0.2, 0.25) is 0 Å². The van der Waals surface area contributed by atoms with Crippen molar-refractivity contribution in [3.63, 3.8) is 0 Å². The van der Waals surface area contributed by atoms with Crippen LogP contribution in [0.3, 0.4) is 0 Å². The number of nitrogens with one attached hydrogen (secondary N) is 1. The molecule has 0 spiro atoms. The molecule has 5 heteroatoms. The number of rotatable bonds is 6. The number of piperidine rings is 2. The van der Waals surface area contributed by atoms with E-state index in [0.29, 0.717) is 13.0 Å². The van der Waals surface area contributed by atoms with E-state index >= 15 is 0 Å². The van der Waals surface area contributed by atoms with Gasteiger partial charge in [-0.25, -0.2) is 0 Å². The van der Waals surface area contributed by atoms with Gasteiger partial charge in [-0.1, -0.05) is 49.4 Å². The lowest BCUT2D eigenvalue weighted by molar-refractivity contribution is -0.141. The van der Waals surface area contributed by atoms with E-state index in [-0.39, 0.29) is 11.8 Å². The number of hydrogen-bond acceptors (Lipinski definition) is 3. The molecule has 0 bridgehead atoms. The summed E-state index contributed by atoms with van der Waals surface area (Å²) in [5.41, 5.74) is 2.89. The molecule has 2 aromatic carbocycles. The Morgan fingerprint density at radius 3 is 2.39 bits per heavy atom. The largest absolute Gasteiger partial charge is 0.327 e. The second-order valence-electron chi connectivity index (χ2n) is 9.00. The molecule has 4 rings (SSSR count). The highest BCUT2D eigenvalue weighted by Crippen LogP contribution is 2.27. The van der Waals surface area contributed by atoms with Crippen molar-refractivity contribution < 1.29 is 9.59 Å². The number of amides is 2. The lowest BCUT2D eigenvalue weighted by Gasteiger charge is -2.34. The molecule has 2 fully saturated rings. The zero-order chi connectivity index (χ0) is 21.6. The standard InChI is InChI=1S/C26H33N3O2/c1-20-14-17-28(18-15-20)19-21-10-12-23(13-11-21)27-26(31)25(22-7-3-2-4-8-22)29-16-6-5-9-24(29)30/h2-4,7-8,10-13,20,25H,5-6,9,14-19H2,1H3,(H,27,31). The summed E-state index contributed by atoms with van der Waals surface area (Å²) in [5.74, 6) is 0.735. The zero-order valence-electron chi connectivity index (χ0n) is 18.4. The molecule has 1 unspecified atom stereocenters. The van der Waals surface area contributed by atoms with Gasteiger partial charge in [-0.3, -0.25) is 14.5 Å². The fourth-order valence-corrected chi connectivity index (χ4v) is 4.59. The van der Waals surface area contributed by atoms with Crippen molar-refractivity contribution in [2.75, 3.05) is 25.0 Å². The van der Waals surface area contributed by atoms with E-state index in [1.54, 1.807) is 4.90 Å². The summed E-state index contributed by atoms with van der Waals surface area (Å²) >= 11 is 0. The normalized spacial score (nSPS) is 19.3.